The summed E-state index contributed by atoms with van der Waals surface area (Å²) in [5.74, 6) is 0.840. The Hall–Kier alpha value is -2.04. The van der Waals surface area contributed by atoms with Gasteiger partial charge >= 0.3 is 0 Å². The number of carbonyl (C=O) groups is 1. The Morgan fingerprint density at radius 2 is 1.86 bits per heavy atom. The molecule has 2 N–H and O–H groups in total. The number of piperidine rings is 1. The largest absolute Gasteiger partial charge is 0.356 e. The van der Waals surface area contributed by atoms with Crippen molar-refractivity contribution in [1.29, 1.82) is 0 Å². The van der Waals surface area contributed by atoms with Gasteiger partial charge in [0, 0.05) is 26.7 Å². The molecule has 0 atom stereocenters. The van der Waals surface area contributed by atoms with Crippen LogP contribution >= 0.6 is 0 Å². The van der Waals surface area contributed by atoms with Crippen LogP contribution in [-0.2, 0) is 11.2 Å². The fourth-order valence-electron chi connectivity index (χ4n) is 2.60. The number of likely N-dealkylation sites (tertiary alicyclic amines) is 1. The zero-order valence-electron chi connectivity index (χ0n) is 13.3. The van der Waals surface area contributed by atoms with Gasteiger partial charge in [-0.05, 0) is 31.2 Å². The summed E-state index contributed by atoms with van der Waals surface area (Å²) in [6, 6.07) is 10.3. The molecule has 5 heteroatoms. The van der Waals surface area contributed by atoms with Crippen molar-refractivity contribution in [2.45, 2.75) is 25.7 Å². The predicted molar refractivity (Wildman–Crippen MR) is 89.9 cm³/mol. The van der Waals surface area contributed by atoms with Gasteiger partial charge in [0.15, 0.2) is 5.96 Å². The SMILES string of the molecule is CN=C(NCCc1ccccc1)NCC(=O)N1CCCCC1. The van der Waals surface area contributed by atoms with E-state index in [1.165, 1.54) is 12.0 Å². The Bertz CT molecular complexity index is 481. The monoisotopic (exact) mass is 302 g/mol. The molecule has 0 unspecified atom stereocenters. The van der Waals surface area contributed by atoms with Crippen LogP contribution in [0.2, 0.25) is 0 Å². The molecular weight excluding hydrogens is 276 g/mol. The van der Waals surface area contributed by atoms with Crippen LogP contribution in [0.3, 0.4) is 0 Å². The molecule has 1 saturated heterocycles. The molecule has 22 heavy (non-hydrogen) atoms. The molecule has 2 rings (SSSR count). The number of aliphatic imine (C=N–C) groups is 1. The summed E-state index contributed by atoms with van der Waals surface area (Å²) in [5.41, 5.74) is 1.29. The molecule has 1 amide bonds. The number of benzene rings is 1. The number of guanidine groups is 1. The lowest BCUT2D eigenvalue weighted by atomic mass is 10.1. The summed E-state index contributed by atoms with van der Waals surface area (Å²) >= 11 is 0. The van der Waals surface area contributed by atoms with Crippen molar-refractivity contribution in [2.75, 3.05) is 33.2 Å². The predicted octanol–water partition coefficient (Wildman–Crippen LogP) is 1.41. The average molecular weight is 302 g/mol. The summed E-state index contributed by atoms with van der Waals surface area (Å²) in [4.78, 5) is 18.2. The lowest BCUT2D eigenvalue weighted by molar-refractivity contribution is -0.130. The van der Waals surface area contributed by atoms with E-state index >= 15 is 0 Å². The molecule has 0 bridgehead atoms. The summed E-state index contributed by atoms with van der Waals surface area (Å²) in [7, 11) is 1.73. The first-order chi connectivity index (χ1) is 10.8. The average Bonchev–Trinajstić information content (AvgIpc) is 2.59. The first kappa shape index (κ1) is 16.3. The molecule has 0 radical (unpaired) electrons. The Kier molecular flexibility index (Phi) is 6.74. The highest BCUT2D eigenvalue weighted by Gasteiger charge is 2.16. The highest BCUT2D eigenvalue weighted by atomic mass is 16.2. The number of carbonyl (C=O) groups excluding carboxylic acids is 1. The van der Waals surface area contributed by atoms with Crippen LogP contribution in [0.25, 0.3) is 0 Å². The zero-order chi connectivity index (χ0) is 15.6. The summed E-state index contributed by atoms with van der Waals surface area (Å²) < 4.78 is 0. The van der Waals surface area contributed by atoms with Gasteiger partial charge in [-0.15, -0.1) is 0 Å². The van der Waals surface area contributed by atoms with Gasteiger partial charge in [-0.2, -0.15) is 0 Å². The highest BCUT2D eigenvalue weighted by Crippen LogP contribution is 2.08. The minimum Gasteiger partial charge on any atom is -0.356 e. The number of hydrogen-bond acceptors (Lipinski definition) is 2. The smallest absolute Gasteiger partial charge is 0.241 e. The van der Waals surface area contributed by atoms with E-state index in [9.17, 15) is 4.79 Å². The molecule has 1 aliphatic heterocycles. The van der Waals surface area contributed by atoms with E-state index in [1.807, 2.05) is 23.1 Å². The normalized spacial score (nSPS) is 15.5. The quantitative estimate of drug-likeness (QED) is 0.639. The van der Waals surface area contributed by atoms with Crippen molar-refractivity contribution < 1.29 is 4.79 Å². The maximum Gasteiger partial charge on any atom is 0.241 e. The second-order valence-electron chi connectivity index (χ2n) is 5.53. The fraction of sp³-hybridized carbons (Fsp3) is 0.529. The molecule has 0 aliphatic carbocycles. The van der Waals surface area contributed by atoms with Crippen LogP contribution in [0.4, 0.5) is 0 Å². The molecule has 1 aromatic carbocycles. The molecule has 1 heterocycles. The maximum atomic E-state index is 12.1. The van der Waals surface area contributed by atoms with Crippen LogP contribution in [0.1, 0.15) is 24.8 Å². The fourth-order valence-corrected chi connectivity index (χ4v) is 2.60. The summed E-state index contributed by atoms with van der Waals surface area (Å²) in [5, 5.41) is 6.34. The Morgan fingerprint density at radius 3 is 2.55 bits per heavy atom. The van der Waals surface area contributed by atoms with Crippen LogP contribution in [0.5, 0.6) is 0 Å². The van der Waals surface area contributed by atoms with E-state index in [4.69, 9.17) is 0 Å². The molecule has 1 fully saturated rings. The van der Waals surface area contributed by atoms with Gasteiger partial charge in [0.05, 0.1) is 6.54 Å². The first-order valence-corrected chi connectivity index (χ1v) is 8.06. The summed E-state index contributed by atoms with van der Waals surface area (Å²) in [6.45, 7) is 2.88. The third kappa shape index (κ3) is 5.39. The van der Waals surface area contributed by atoms with E-state index in [-0.39, 0.29) is 5.91 Å². The van der Waals surface area contributed by atoms with Gasteiger partial charge in [0.1, 0.15) is 0 Å². The van der Waals surface area contributed by atoms with Crippen molar-refractivity contribution in [1.82, 2.24) is 15.5 Å². The standard InChI is InChI=1S/C17H26N4O/c1-18-17(19-11-10-15-8-4-2-5-9-15)20-14-16(22)21-12-6-3-7-13-21/h2,4-5,8-9H,3,6-7,10-14H2,1H3,(H2,18,19,20). The minimum absolute atomic E-state index is 0.158. The first-order valence-electron chi connectivity index (χ1n) is 8.06. The van der Waals surface area contributed by atoms with E-state index in [1.54, 1.807) is 7.05 Å². The highest BCUT2D eigenvalue weighted by molar-refractivity contribution is 5.86. The van der Waals surface area contributed by atoms with Gasteiger partial charge in [-0.1, -0.05) is 30.3 Å². The second kappa shape index (κ2) is 9.07. The van der Waals surface area contributed by atoms with Gasteiger partial charge < -0.3 is 15.5 Å². The third-order valence-corrected chi connectivity index (χ3v) is 3.89. The van der Waals surface area contributed by atoms with Crippen molar-refractivity contribution in [3.8, 4) is 0 Å². The van der Waals surface area contributed by atoms with Gasteiger partial charge in [0.2, 0.25) is 5.91 Å². The van der Waals surface area contributed by atoms with Crippen molar-refractivity contribution in [3.05, 3.63) is 35.9 Å². The Morgan fingerprint density at radius 1 is 1.14 bits per heavy atom. The molecule has 120 valence electrons. The molecular formula is C17H26N4O. The maximum absolute atomic E-state index is 12.1. The second-order valence-corrected chi connectivity index (χ2v) is 5.53. The van der Waals surface area contributed by atoms with E-state index in [2.05, 4.69) is 27.8 Å². The lowest BCUT2D eigenvalue weighted by Gasteiger charge is -2.27. The molecule has 0 saturated carbocycles. The summed E-state index contributed by atoms with van der Waals surface area (Å²) in [6.07, 6.45) is 4.41. The van der Waals surface area contributed by atoms with Crippen LogP contribution in [-0.4, -0.2) is 50.0 Å². The van der Waals surface area contributed by atoms with Crippen molar-refractivity contribution in [3.63, 3.8) is 0 Å². The van der Waals surface area contributed by atoms with E-state index in [0.717, 1.165) is 38.9 Å². The van der Waals surface area contributed by atoms with E-state index in [0.29, 0.717) is 12.5 Å². The van der Waals surface area contributed by atoms with Crippen LogP contribution in [0.15, 0.2) is 35.3 Å². The van der Waals surface area contributed by atoms with Gasteiger partial charge in [-0.25, -0.2) is 0 Å². The van der Waals surface area contributed by atoms with Crippen LogP contribution < -0.4 is 10.6 Å². The molecule has 1 aliphatic rings. The minimum atomic E-state index is 0.158. The Labute approximate surface area is 132 Å². The van der Waals surface area contributed by atoms with E-state index < -0.39 is 0 Å². The van der Waals surface area contributed by atoms with Crippen LogP contribution in [0, 0.1) is 0 Å². The number of hydrogen-bond donors (Lipinski definition) is 2. The number of nitrogens with one attached hydrogen (secondary N) is 2. The number of nitrogens with zero attached hydrogens (tertiary/aromatic N) is 2. The molecule has 0 spiro atoms. The van der Waals surface area contributed by atoms with Gasteiger partial charge in [-0.3, -0.25) is 9.79 Å². The topological polar surface area (TPSA) is 56.7 Å². The zero-order valence-corrected chi connectivity index (χ0v) is 13.3. The van der Waals surface area contributed by atoms with Gasteiger partial charge in [0.25, 0.3) is 0 Å². The number of amides is 1. The molecule has 1 aromatic rings. The molecule has 5 nitrogen and oxygen atoms in total. The Balaban J connectivity index is 1.67. The lowest BCUT2D eigenvalue weighted by Crippen LogP contribution is -2.46. The molecule has 0 aromatic heterocycles. The van der Waals surface area contributed by atoms with Crippen molar-refractivity contribution in [2.24, 2.45) is 4.99 Å². The third-order valence-electron chi connectivity index (χ3n) is 3.89. The number of rotatable bonds is 5. The van der Waals surface area contributed by atoms with Crippen molar-refractivity contribution >= 4 is 11.9 Å².